The smallest absolute Gasteiger partial charge is 0.278 e. The van der Waals surface area contributed by atoms with Gasteiger partial charge in [-0.15, -0.1) is 5.10 Å². The van der Waals surface area contributed by atoms with E-state index in [0.29, 0.717) is 10.9 Å². The molecule has 3 aromatic carbocycles. The van der Waals surface area contributed by atoms with Gasteiger partial charge >= 0.3 is 0 Å². The maximum atomic E-state index is 12.5. The Balaban J connectivity index is 1.56. The molecule has 0 aliphatic carbocycles. The Bertz CT molecular complexity index is 1190. The summed E-state index contributed by atoms with van der Waals surface area (Å²) in [7, 11) is 0. The SMILES string of the molecule is CC(NC(=O)Cn1nnc2ccccc2c1=O)c1cccc2ccccc12. The van der Waals surface area contributed by atoms with Gasteiger partial charge in [-0.1, -0.05) is 59.8 Å². The minimum Gasteiger partial charge on any atom is -0.348 e. The van der Waals surface area contributed by atoms with Crippen molar-refractivity contribution in [1.82, 2.24) is 20.3 Å². The fourth-order valence-electron chi connectivity index (χ4n) is 3.26. The molecule has 4 aromatic rings. The Morgan fingerprint density at radius 3 is 2.56 bits per heavy atom. The lowest BCUT2D eigenvalue weighted by molar-refractivity contribution is -0.122. The third-order valence-electron chi connectivity index (χ3n) is 4.59. The first-order valence-electron chi connectivity index (χ1n) is 8.73. The Hall–Kier alpha value is -3.54. The monoisotopic (exact) mass is 358 g/mol. The number of benzene rings is 3. The van der Waals surface area contributed by atoms with Crippen LogP contribution >= 0.6 is 0 Å². The van der Waals surface area contributed by atoms with E-state index in [0.717, 1.165) is 21.0 Å². The van der Waals surface area contributed by atoms with Crippen LogP contribution in [0.15, 0.2) is 71.5 Å². The summed E-state index contributed by atoms with van der Waals surface area (Å²) in [4.78, 5) is 25.0. The van der Waals surface area contributed by atoms with E-state index in [1.165, 1.54) is 0 Å². The molecular weight excluding hydrogens is 340 g/mol. The van der Waals surface area contributed by atoms with Gasteiger partial charge in [0.25, 0.3) is 5.56 Å². The van der Waals surface area contributed by atoms with Crippen molar-refractivity contribution in [2.24, 2.45) is 0 Å². The van der Waals surface area contributed by atoms with Crippen LogP contribution < -0.4 is 10.9 Å². The first-order valence-corrected chi connectivity index (χ1v) is 8.73. The Morgan fingerprint density at radius 1 is 1.00 bits per heavy atom. The molecule has 1 atom stereocenters. The number of amides is 1. The minimum atomic E-state index is -0.325. The average molecular weight is 358 g/mol. The summed E-state index contributed by atoms with van der Waals surface area (Å²) in [5.74, 6) is -0.290. The van der Waals surface area contributed by atoms with Gasteiger partial charge in [0.15, 0.2) is 0 Å². The lowest BCUT2D eigenvalue weighted by Crippen LogP contribution is -2.35. The molecular formula is C21H18N4O2. The average Bonchev–Trinajstić information content (AvgIpc) is 2.70. The number of hydrogen-bond donors (Lipinski definition) is 1. The lowest BCUT2D eigenvalue weighted by Gasteiger charge is -2.16. The van der Waals surface area contributed by atoms with Gasteiger partial charge in [0.2, 0.25) is 5.91 Å². The van der Waals surface area contributed by atoms with Crippen LogP contribution in [-0.2, 0) is 11.3 Å². The van der Waals surface area contributed by atoms with Gasteiger partial charge in [0.1, 0.15) is 12.1 Å². The first-order chi connectivity index (χ1) is 13.1. The molecule has 0 aliphatic rings. The number of carbonyl (C=O) groups excluding carboxylic acids is 1. The van der Waals surface area contributed by atoms with Gasteiger partial charge in [-0.2, -0.15) is 0 Å². The molecule has 0 saturated heterocycles. The third-order valence-corrected chi connectivity index (χ3v) is 4.59. The molecule has 0 saturated carbocycles. The lowest BCUT2D eigenvalue weighted by atomic mass is 10.00. The molecule has 1 amide bonds. The Kier molecular flexibility index (Phi) is 4.38. The van der Waals surface area contributed by atoms with E-state index in [9.17, 15) is 9.59 Å². The molecule has 1 N–H and O–H groups in total. The number of nitrogens with zero attached hydrogens (tertiary/aromatic N) is 3. The highest BCUT2D eigenvalue weighted by Gasteiger charge is 2.14. The second-order valence-electron chi connectivity index (χ2n) is 6.43. The summed E-state index contributed by atoms with van der Waals surface area (Å²) in [5.41, 5.74) is 1.22. The van der Waals surface area contributed by atoms with Gasteiger partial charge in [0.05, 0.1) is 11.4 Å². The van der Waals surface area contributed by atoms with Crippen molar-refractivity contribution in [3.8, 4) is 0 Å². The van der Waals surface area contributed by atoms with Crippen molar-refractivity contribution < 1.29 is 4.79 Å². The van der Waals surface area contributed by atoms with Gasteiger partial charge in [-0.05, 0) is 35.4 Å². The van der Waals surface area contributed by atoms with Gasteiger partial charge in [0, 0.05) is 0 Å². The normalized spacial score (nSPS) is 12.2. The highest BCUT2D eigenvalue weighted by Crippen LogP contribution is 2.23. The number of fused-ring (bicyclic) bond motifs is 2. The molecule has 0 aliphatic heterocycles. The van der Waals surface area contributed by atoms with Gasteiger partial charge < -0.3 is 5.32 Å². The van der Waals surface area contributed by atoms with Crippen LogP contribution in [0.3, 0.4) is 0 Å². The van der Waals surface area contributed by atoms with Crippen molar-refractivity contribution in [3.63, 3.8) is 0 Å². The zero-order valence-electron chi connectivity index (χ0n) is 14.8. The van der Waals surface area contributed by atoms with Crippen LogP contribution in [0, 0.1) is 0 Å². The Morgan fingerprint density at radius 2 is 1.70 bits per heavy atom. The van der Waals surface area contributed by atoms with Crippen molar-refractivity contribution in [1.29, 1.82) is 0 Å². The number of nitrogens with one attached hydrogen (secondary N) is 1. The van der Waals surface area contributed by atoms with Crippen LogP contribution in [0.4, 0.5) is 0 Å². The molecule has 27 heavy (non-hydrogen) atoms. The van der Waals surface area contributed by atoms with Crippen LogP contribution in [0.1, 0.15) is 18.5 Å². The number of hydrogen-bond acceptors (Lipinski definition) is 4. The molecule has 1 unspecified atom stereocenters. The highest BCUT2D eigenvalue weighted by atomic mass is 16.2. The van der Waals surface area contributed by atoms with E-state index in [1.807, 2.05) is 49.4 Å². The van der Waals surface area contributed by atoms with Crippen LogP contribution in [0.5, 0.6) is 0 Å². The van der Waals surface area contributed by atoms with E-state index in [1.54, 1.807) is 24.3 Å². The van der Waals surface area contributed by atoms with Crippen molar-refractivity contribution in [2.45, 2.75) is 19.5 Å². The summed E-state index contributed by atoms with van der Waals surface area (Å²) >= 11 is 0. The van der Waals surface area contributed by atoms with Crippen molar-refractivity contribution >= 4 is 27.6 Å². The van der Waals surface area contributed by atoms with E-state index < -0.39 is 0 Å². The first kappa shape index (κ1) is 16.9. The molecule has 0 spiro atoms. The second-order valence-corrected chi connectivity index (χ2v) is 6.43. The Labute approximate surface area is 155 Å². The van der Waals surface area contributed by atoms with Crippen LogP contribution in [-0.4, -0.2) is 20.9 Å². The second kappa shape index (κ2) is 6.99. The maximum Gasteiger partial charge on any atom is 0.278 e. The fourth-order valence-corrected chi connectivity index (χ4v) is 3.26. The van der Waals surface area contributed by atoms with E-state index in [4.69, 9.17) is 0 Å². The van der Waals surface area contributed by atoms with E-state index >= 15 is 0 Å². The molecule has 6 heteroatoms. The predicted molar refractivity (Wildman–Crippen MR) is 104 cm³/mol. The standard InChI is InChI=1S/C21H18N4O2/c1-14(16-11-6-8-15-7-2-3-9-17(15)16)22-20(26)13-25-21(27)18-10-4-5-12-19(18)23-24-25/h2-12,14H,13H2,1H3,(H,22,26). The van der Waals surface area contributed by atoms with Gasteiger partial charge in [-0.3, -0.25) is 9.59 Å². The summed E-state index contributed by atoms with van der Waals surface area (Å²) < 4.78 is 1.09. The highest BCUT2D eigenvalue weighted by molar-refractivity contribution is 5.87. The van der Waals surface area contributed by atoms with Crippen LogP contribution in [0.25, 0.3) is 21.7 Å². The summed E-state index contributed by atoms with van der Waals surface area (Å²) in [6, 6.07) is 20.8. The number of rotatable bonds is 4. The molecule has 6 nitrogen and oxygen atoms in total. The number of aromatic nitrogens is 3. The zero-order chi connectivity index (χ0) is 18.8. The van der Waals surface area contributed by atoms with Crippen molar-refractivity contribution in [2.75, 3.05) is 0 Å². The quantitative estimate of drug-likeness (QED) is 0.609. The topological polar surface area (TPSA) is 76.9 Å². The maximum absolute atomic E-state index is 12.5. The van der Waals surface area contributed by atoms with Gasteiger partial charge in [-0.25, -0.2) is 4.68 Å². The predicted octanol–water partition coefficient (Wildman–Crippen LogP) is 2.82. The minimum absolute atomic E-state index is 0.175. The molecule has 134 valence electrons. The van der Waals surface area contributed by atoms with E-state index in [-0.39, 0.29) is 24.1 Å². The molecule has 4 rings (SSSR count). The third kappa shape index (κ3) is 3.29. The van der Waals surface area contributed by atoms with Crippen LogP contribution in [0.2, 0.25) is 0 Å². The summed E-state index contributed by atoms with van der Waals surface area (Å²) in [6.07, 6.45) is 0. The summed E-state index contributed by atoms with van der Waals surface area (Å²) in [5, 5.41) is 13.5. The zero-order valence-corrected chi connectivity index (χ0v) is 14.8. The van der Waals surface area contributed by atoms with E-state index in [2.05, 4.69) is 15.6 Å². The molecule has 1 aromatic heterocycles. The fraction of sp³-hybridized carbons (Fsp3) is 0.143. The molecule has 0 radical (unpaired) electrons. The molecule has 0 fully saturated rings. The largest absolute Gasteiger partial charge is 0.348 e. The van der Waals surface area contributed by atoms with Crippen molar-refractivity contribution in [3.05, 3.63) is 82.6 Å². The molecule has 1 heterocycles. The molecule has 0 bridgehead atoms. The number of carbonyl (C=O) groups is 1. The summed E-state index contributed by atoms with van der Waals surface area (Å²) in [6.45, 7) is 1.75.